The van der Waals surface area contributed by atoms with Crippen molar-refractivity contribution in [2.24, 2.45) is 5.92 Å². The average Bonchev–Trinajstić information content (AvgIpc) is 2.77. The lowest BCUT2D eigenvalue weighted by Crippen LogP contribution is -2.40. The van der Waals surface area contributed by atoms with E-state index in [9.17, 15) is 4.79 Å². The van der Waals surface area contributed by atoms with Crippen LogP contribution in [0.3, 0.4) is 0 Å². The molecule has 1 fully saturated rings. The molecule has 1 saturated heterocycles. The van der Waals surface area contributed by atoms with Crippen LogP contribution in [0.25, 0.3) is 0 Å². The fourth-order valence-corrected chi connectivity index (χ4v) is 2.18. The third kappa shape index (κ3) is 2.83. The number of likely N-dealkylation sites (N-methyl/N-ethyl adjacent to an activating group) is 1. The molecule has 1 aromatic rings. The van der Waals surface area contributed by atoms with Gasteiger partial charge >= 0.3 is 5.97 Å². The maximum atomic E-state index is 11.1. The Balaban J connectivity index is 2.03. The van der Waals surface area contributed by atoms with Gasteiger partial charge in [-0.25, -0.2) is 9.97 Å². The van der Waals surface area contributed by atoms with E-state index in [1.165, 1.54) is 0 Å². The van der Waals surface area contributed by atoms with Gasteiger partial charge in [-0.1, -0.05) is 0 Å². The Kier molecular flexibility index (Phi) is 3.88. The van der Waals surface area contributed by atoms with Gasteiger partial charge in [0.1, 0.15) is 5.82 Å². The number of ether oxygens (including phenoxy) is 1. The first-order valence-corrected chi connectivity index (χ1v) is 5.87. The monoisotopic (exact) mass is 251 g/mol. The maximum Gasteiger partial charge on any atom is 0.310 e. The number of carboxylic acid groups (broad SMARTS) is 1. The quantitative estimate of drug-likeness (QED) is 0.830. The van der Waals surface area contributed by atoms with Crippen molar-refractivity contribution in [3.63, 3.8) is 0 Å². The maximum absolute atomic E-state index is 11.1. The molecule has 18 heavy (non-hydrogen) atoms. The molecule has 1 aliphatic heterocycles. The van der Waals surface area contributed by atoms with Gasteiger partial charge < -0.3 is 9.84 Å². The molecule has 0 bridgehead atoms. The highest BCUT2D eigenvalue weighted by Crippen LogP contribution is 2.20. The van der Waals surface area contributed by atoms with Crippen LogP contribution < -0.4 is 0 Å². The summed E-state index contributed by atoms with van der Waals surface area (Å²) in [7, 11) is 1.90. The van der Waals surface area contributed by atoms with Crippen LogP contribution in [0.5, 0.6) is 0 Å². The van der Waals surface area contributed by atoms with Crippen LogP contribution in [0, 0.1) is 12.8 Å². The van der Waals surface area contributed by atoms with E-state index in [1.807, 2.05) is 24.9 Å². The Morgan fingerprint density at radius 3 is 3.06 bits per heavy atom. The Labute approximate surface area is 106 Å². The molecular formula is C12H17N3O3. The van der Waals surface area contributed by atoms with Gasteiger partial charge in [0, 0.05) is 18.8 Å². The lowest BCUT2D eigenvalue weighted by Gasteiger charge is -2.25. The highest BCUT2D eigenvalue weighted by molar-refractivity contribution is 5.71. The lowest BCUT2D eigenvalue weighted by molar-refractivity contribution is -0.143. The molecule has 6 nitrogen and oxygen atoms in total. The van der Waals surface area contributed by atoms with E-state index in [1.54, 1.807) is 6.20 Å². The van der Waals surface area contributed by atoms with Gasteiger partial charge in [0.05, 0.1) is 24.8 Å². The molecule has 1 aromatic heterocycles. The average molecular weight is 251 g/mol. The topological polar surface area (TPSA) is 75.6 Å². The highest BCUT2D eigenvalue weighted by atomic mass is 16.5. The second-order valence-corrected chi connectivity index (χ2v) is 4.56. The largest absolute Gasteiger partial charge is 0.481 e. The minimum atomic E-state index is -0.803. The Morgan fingerprint density at radius 2 is 2.39 bits per heavy atom. The smallest absolute Gasteiger partial charge is 0.310 e. The van der Waals surface area contributed by atoms with Crippen LogP contribution in [0.4, 0.5) is 0 Å². The second-order valence-electron chi connectivity index (χ2n) is 4.56. The summed E-state index contributed by atoms with van der Waals surface area (Å²) in [5, 5.41) is 9.11. The van der Waals surface area contributed by atoms with Crippen molar-refractivity contribution >= 4 is 5.97 Å². The molecule has 1 aliphatic rings. The van der Waals surface area contributed by atoms with E-state index in [0.29, 0.717) is 13.2 Å². The van der Waals surface area contributed by atoms with E-state index in [4.69, 9.17) is 9.84 Å². The van der Waals surface area contributed by atoms with E-state index >= 15 is 0 Å². The van der Waals surface area contributed by atoms with Crippen LogP contribution >= 0.6 is 0 Å². The minimum absolute atomic E-state index is 0.0993. The van der Waals surface area contributed by atoms with Crippen molar-refractivity contribution in [2.75, 3.05) is 20.3 Å². The number of aryl methyl sites for hydroxylation is 1. The Morgan fingerprint density at radius 1 is 1.61 bits per heavy atom. The fraction of sp³-hybridized carbons (Fsp3) is 0.583. The van der Waals surface area contributed by atoms with Crippen LogP contribution in [-0.4, -0.2) is 52.2 Å². The van der Waals surface area contributed by atoms with Gasteiger partial charge in [-0.15, -0.1) is 0 Å². The highest BCUT2D eigenvalue weighted by Gasteiger charge is 2.36. The summed E-state index contributed by atoms with van der Waals surface area (Å²) in [6.07, 6.45) is 1.71. The first-order valence-electron chi connectivity index (χ1n) is 5.87. The van der Waals surface area contributed by atoms with Gasteiger partial charge in [-0.3, -0.25) is 9.69 Å². The first kappa shape index (κ1) is 12.9. The number of aromatic nitrogens is 2. The molecule has 2 atom stereocenters. The van der Waals surface area contributed by atoms with Gasteiger partial charge in [0.2, 0.25) is 0 Å². The van der Waals surface area contributed by atoms with Crippen molar-refractivity contribution in [3.8, 4) is 0 Å². The number of carboxylic acids is 1. The SMILES string of the molecule is Cc1nccc(CN(C)C2COCC2C(=O)O)n1. The zero-order valence-electron chi connectivity index (χ0n) is 10.5. The number of carbonyl (C=O) groups is 1. The molecule has 0 amide bonds. The molecular weight excluding hydrogens is 234 g/mol. The summed E-state index contributed by atoms with van der Waals surface area (Å²) in [5.41, 5.74) is 0.890. The molecule has 0 radical (unpaired) electrons. The molecule has 2 rings (SSSR count). The molecule has 2 heterocycles. The van der Waals surface area contributed by atoms with Crippen LogP contribution in [0.15, 0.2) is 12.3 Å². The molecule has 0 aromatic carbocycles. The van der Waals surface area contributed by atoms with Gasteiger partial charge in [-0.05, 0) is 20.0 Å². The fourth-order valence-electron chi connectivity index (χ4n) is 2.18. The molecule has 0 aliphatic carbocycles. The van der Waals surface area contributed by atoms with Crippen molar-refractivity contribution in [3.05, 3.63) is 23.8 Å². The van der Waals surface area contributed by atoms with Crippen molar-refractivity contribution in [2.45, 2.75) is 19.5 Å². The predicted molar refractivity (Wildman–Crippen MR) is 64.0 cm³/mol. The number of rotatable bonds is 4. The van der Waals surface area contributed by atoms with Crippen LogP contribution in [0.2, 0.25) is 0 Å². The standard InChI is InChI=1S/C12H17N3O3/c1-8-13-4-3-9(14-8)5-15(2)11-7-18-6-10(11)12(16)17/h3-4,10-11H,5-7H2,1-2H3,(H,16,17). The summed E-state index contributed by atoms with van der Waals surface area (Å²) < 4.78 is 5.26. The normalized spacial score (nSPS) is 23.5. The first-order chi connectivity index (χ1) is 8.58. The van der Waals surface area contributed by atoms with E-state index < -0.39 is 11.9 Å². The third-order valence-electron chi connectivity index (χ3n) is 3.18. The Bertz CT molecular complexity index is 438. The van der Waals surface area contributed by atoms with E-state index in [0.717, 1.165) is 11.5 Å². The van der Waals surface area contributed by atoms with Gasteiger partial charge in [-0.2, -0.15) is 0 Å². The van der Waals surface area contributed by atoms with E-state index in [2.05, 4.69) is 9.97 Å². The molecule has 0 spiro atoms. The Hall–Kier alpha value is -1.53. The number of nitrogens with zero attached hydrogens (tertiary/aromatic N) is 3. The molecule has 1 N–H and O–H groups in total. The number of aliphatic carboxylic acids is 1. The van der Waals surface area contributed by atoms with Crippen molar-refractivity contribution in [1.29, 1.82) is 0 Å². The predicted octanol–water partition coefficient (Wildman–Crippen LogP) is 0.316. The molecule has 2 unspecified atom stereocenters. The molecule has 0 saturated carbocycles. The zero-order chi connectivity index (χ0) is 13.1. The summed E-state index contributed by atoms with van der Waals surface area (Å²) in [6, 6.07) is 1.74. The van der Waals surface area contributed by atoms with Gasteiger partial charge in [0.15, 0.2) is 0 Å². The van der Waals surface area contributed by atoms with Crippen molar-refractivity contribution < 1.29 is 14.6 Å². The van der Waals surface area contributed by atoms with Crippen molar-refractivity contribution in [1.82, 2.24) is 14.9 Å². The van der Waals surface area contributed by atoms with Crippen LogP contribution in [-0.2, 0) is 16.1 Å². The summed E-state index contributed by atoms with van der Waals surface area (Å²) in [6.45, 7) is 3.17. The zero-order valence-corrected chi connectivity index (χ0v) is 10.5. The summed E-state index contributed by atoms with van der Waals surface area (Å²) >= 11 is 0. The number of hydrogen-bond acceptors (Lipinski definition) is 5. The van der Waals surface area contributed by atoms with E-state index in [-0.39, 0.29) is 12.6 Å². The van der Waals surface area contributed by atoms with Crippen LogP contribution in [0.1, 0.15) is 11.5 Å². The van der Waals surface area contributed by atoms with Gasteiger partial charge in [0.25, 0.3) is 0 Å². The third-order valence-corrected chi connectivity index (χ3v) is 3.18. The second kappa shape index (κ2) is 5.41. The molecule has 98 valence electrons. The summed E-state index contributed by atoms with van der Waals surface area (Å²) in [4.78, 5) is 21.4. The summed E-state index contributed by atoms with van der Waals surface area (Å²) in [5.74, 6) is -0.542. The molecule has 6 heteroatoms. The number of hydrogen-bond donors (Lipinski definition) is 1. The lowest BCUT2D eigenvalue weighted by atomic mass is 10.0. The minimum Gasteiger partial charge on any atom is -0.481 e.